The van der Waals surface area contributed by atoms with E-state index in [9.17, 15) is 4.79 Å². The summed E-state index contributed by atoms with van der Waals surface area (Å²) in [5.74, 6) is 3.31. The smallest absolute Gasteiger partial charge is 0.250 e. The van der Waals surface area contributed by atoms with Crippen molar-refractivity contribution in [3.05, 3.63) is 76.1 Å². The highest BCUT2D eigenvalue weighted by Gasteiger charge is 2.15. The van der Waals surface area contributed by atoms with Crippen LogP contribution in [-0.2, 0) is 14.1 Å². The molecule has 4 rings (SSSR count). The molecule has 0 fully saturated rings. The van der Waals surface area contributed by atoms with Gasteiger partial charge < -0.3 is 13.7 Å². The first kappa shape index (κ1) is 27.8. The average molecular weight is 478 g/mol. The SMILES string of the molecule is CC.CCC(C)c1nnc(-c2ccn(C)c(=O)c2)n1C.Cc1cccc(-c2cc(C(C)C)no2)c1. The Morgan fingerprint density at radius 1 is 0.971 bits per heavy atom. The van der Waals surface area contributed by atoms with Crippen LogP contribution in [0.5, 0.6) is 0 Å². The van der Waals surface area contributed by atoms with E-state index in [0.717, 1.165) is 40.7 Å². The number of hydrogen-bond donors (Lipinski definition) is 0. The molecule has 1 aromatic carbocycles. The molecule has 3 aromatic heterocycles. The van der Waals surface area contributed by atoms with E-state index >= 15 is 0 Å². The number of aryl methyl sites for hydroxylation is 2. The van der Waals surface area contributed by atoms with Crippen molar-refractivity contribution in [2.75, 3.05) is 0 Å². The van der Waals surface area contributed by atoms with Gasteiger partial charge in [0.1, 0.15) is 5.82 Å². The van der Waals surface area contributed by atoms with E-state index in [1.54, 1.807) is 19.3 Å². The van der Waals surface area contributed by atoms with Gasteiger partial charge in [-0.2, -0.15) is 0 Å². The molecule has 1 atom stereocenters. The summed E-state index contributed by atoms with van der Waals surface area (Å²) in [6.45, 7) is 14.5. The molecule has 7 heteroatoms. The lowest BCUT2D eigenvalue weighted by atomic mass is 10.1. The zero-order valence-electron chi connectivity index (χ0n) is 22.5. The summed E-state index contributed by atoms with van der Waals surface area (Å²) in [5, 5.41) is 12.5. The third-order valence-corrected chi connectivity index (χ3v) is 5.75. The molecule has 0 N–H and O–H groups in total. The van der Waals surface area contributed by atoms with Gasteiger partial charge in [-0.25, -0.2) is 0 Å². The van der Waals surface area contributed by atoms with Gasteiger partial charge in [-0.05, 0) is 31.4 Å². The van der Waals surface area contributed by atoms with E-state index < -0.39 is 0 Å². The van der Waals surface area contributed by atoms with Crippen LogP contribution in [0, 0.1) is 6.92 Å². The van der Waals surface area contributed by atoms with Crippen LogP contribution in [0.3, 0.4) is 0 Å². The minimum atomic E-state index is -0.0411. The quantitative estimate of drug-likeness (QED) is 0.328. The van der Waals surface area contributed by atoms with Gasteiger partial charge in [-0.1, -0.05) is 70.5 Å². The van der Waals surface area contributed by atoms with E-state index in [1.165, 1.54) is 10.1 Å². The van der Waals surface area contributed by atoms with E-state index in [1.807, 2.05) is 49.7 Å². The van der Waals surface area contributed by atoms with E-state index in [2.05, 4.69) is 62.1 Å². The zero-order valence-corrected chi connectivity index (χ0v) is 22.5. The van der Waals surface area contributed by atoms with Crippen molar-refractivity contribution in [2.24, 2.45) is 14.1 Å². The van der Waals surface area contributed by atoms with Gasteiger partial charge in [0, 0.05) is 49.5 Å². The van der Waals surface area contributed by atoms with E-state index in [-0.39, 0.29) is 5.56 Å². The fourth-order valence-electron chi connectivity index (χ4n) is 3.39. The number of rotatable bonds is 5. The number of hydrogen-bond acceptors (Lipinski definition) is 5. The van der Waals surface area contributed by atoms with Crippen LogP contribution in [0.4, 0.5) is 0 Å². The van der Waals surface area contributed by atoms with Crippen LogP contribution in [0.25, 0.3) is 22.7 Å². The molecule has 1 unspecified atom stereocenters. The maximum absolute atomic E-state index is 11.6. The molecule has 0 saturated heterocycles. The maximum atomic E-state index is 11.6. The first-order valence-electron chi connectivity index (χ1n) is 12.3. The molecule has 0 aliphatic heterocycles. The fourth-order valence-corrected chi connectivity index (χ4v) is 3.39. The Kier molecular flexibility index (Phi) is 10.2. The topological polar surface area (TPSA) is 78.7 Å². The standard InChI is InChI=1S/C13H18N4O.C13H15NO.C2H6/c1-5-9(2)12-14-15-13(17(12)4)10-6-7-16(3)11(18)8-10;1-9(2)12-8-13(15-14-12)11-6-4-5-10(3)7-11;1-2/h6-9H,5H2,1-4H3;4-9H,1-3H3;1-2H3. The van der Waals surface area contributed by atoms with Crippen LogP contribution >= 0.6 is 0 Å². The molecule has 7 nitrogen and oxygen atoms in total. The molecule has 4 aromatic rings. The molecule has 0 aliphatic carbocycles. The second kappa shape index (κ2) is 12.8. The zero-order chi connectivity index (χ0) is 26.1. The summed E-state index contributed by atoms with van der Waals surface area (Å²) < 4.78 is 8.82. The number of aromatic nitrogens is 5. The van der Waals surface area contributed by atoms with Gasteiger partial charge in [0.15, 0.2) is 11.6 Å². The number of benzene rings is 1. The molecule has 3 heterocycles. The van der Waals surface area contributed by atoms with Crippen molar-refractivity contribution in [1.29, 1.82) is 0 Å². The Hall–Kier alpha value is -3.48. The normalized spacial score (nSPS) is 11.4. The largest absolute Gasteiger partial charge is 0.356 e. The first-order valence-corrected chi connectivity index (χ1v) is 12.3. The van der Waals surface area contributed by atoms with Crippen LogP contribution < -0.4 is 5.56 Å². The van der Waals surface area contributed by atoms with Gasteiger partial charge in [0.25, 0.3) is 5.56 Å². The molecule has 0 bridgehead atoms. The Bertz CT molecular complexity index is 1270. The van der Waals surface area contributed by atoms with Gasteiger partial charge >= 0.3 is 0 Å². The van der Waals surface area contributed by atoms with Crippen molar-refractivity contribution < 1.29 is 4.52 Å². The lowest BCUT2D eigenvalue weighted by Crippen LogP contribution is -2.14. The van der Waals surface area contributed by atoms with Gasteiger partial charge in [-0.3, -0.25) is 4.79 Å². The van der Waals surface area contributed by atoms with Gasteiger partial charge in [-0.15, -0.1) is 10.2 Å². The lowest BCUT2D eigenvalue weighted by Gasteiger charge is -2.08. The lowest BCUT2D eigenvalue weighted by molar-refractivity contribution is 0.420. The molecule has 35 heavy (non-hydrogen) atoms. The fraction of sp³-hybridized carbons (Fsp3) is 0.429. The molecule has 0 spiro atoms. The highest BCUT2D eigenvalue weighted by atomic mass is 16.5. The van der Waals surface area contributed by atoms with Crippen LogP contribution in [0.1, 0.15) is 76.9 Å². The predicted molar refractivity (Wildman–Crippen MR) is 142 cm³/mol. The molecule has 0 amide bonds. The van der Waals surface area contributed by atoms with Gasteiger partial charge in [0.2, 0.25) is 0 Å². The minimum Gasteiger partial charge on any atom is -0.356 e. The third-order valence-electron chi connectivity index (χ3n) is 5.75. The number of nitrogens with zero attached hydrogens (tertiary/aromatic N) is 5. The molecule has 0 saturated carbocycles. The Morgan fingerprint density at radius 2 is 1.69 bits per heavy atom. The molecular weight excluding hydrogens is 438 g/mol. The van der Waals surface area contributed by atoms with Crippen LogP contribution in [0.2, 0.25) is 0 Å². The number of pyridine rings is 1. The summed E-state index contributed by atoms with van der Waals surface area (Å²) in [6, 6.07) is 13.7. The van der Waals surface area contributed by atoms with Crippen molar-refractivity contribution in [3.63, 3.8) is 0 Å². The summed E-state index contributed by atoms with van der Waals surface area (Å²) in [7, 11) is 3.67. The minimum absolute atomic E-state index is 0.0411. The summed E-state index contributed by atoms with van der Waals surface area (Å²) >= 11 is 0. The van der Waals surface area contributed by atoms with Crippen LogP contribution in [-0.4, -0.2) is 24.5 Å². The van der Waals surface area contributed by atoms with E-state index in [0.29, 0.717) is 11.8 Å². The Morgan fingerprint density at radius 3 is 2.26 bits per heavy atom. The van der Waals surface area contributed by atoms with Crippen molar-refractivity contribution in [2.45, 2.75) is 66.7 Å². The first-order chi connectivity index (χ1) is 16.7. The second-order valence-corrected chi connectivity index (χ2v) is 8.75. The highest BCUT2D eigenvalue weighted by molar-refractivity contribution is 5.58. The summed E-state index contributed by atoms with van der Waals surface area (Å²) in [5.41, 5.74) is 4.10. The molecular formula is C28H39N5O2. The predicted octanol–water partition coefficient (Wildman–Crippen LogP) is 6.49. The average Bonchev–Trinajstić information content (AvgIpc) is 3.50. The van der Waals surface area contributed by atoms with Crippen molar-refractivity contribution in [3.8, 4) is 22.7 Å². The van der Waals surface area contributed by atoms with Crippen LogP contribution in [0.15, 0.2) is 58.0 Å². The Balaban J connectivity index is 0.000000234. The Labute approximate surface area is 208 Å². The molecule has 0 radical (unpaired) electrons. The summed E-state index contributed by atoms with van der Waals surface area (Å²) in [6.07, 6.45) is 2.76. The maximum Gasteiger partial charge on any atom is 0.250 e. The van der Waals surface area contributed by atoms with Crippen molar-refractivity contribution in [1.82, 2.24) is 24.5 Å². The third kappa shape index (κ3) is 7.01. The molecule has 0 aliphatic rings. The van der Waals surface area contributed by atoms with Gasteiger partial charge in [0.05, 0.1) is 5.69 Å². The highest BCUT2D eigenvalue weighted by Crippen LogP contribution is 2.24. The molecule has 188 valence electrons. The van der Waals surface area contributed by atoms with Crippen molar-refractivity contribution >= 4 is 0 Å². The van der Waals surface area contributed by atoms with E-state index in [4.69, 9.17) is 4.52 Å². The monoisotopic (exact) mass is 477 g/mol. The second-order valence-electron chi connectivity index (χ2n) is 8.75. The summed E-state index contributed by atoms with van der Waals surface area (Å²) in [4.78, 5) is 11.6.